The van der Waals surface area contributed by atoms with Gasteiger partial charge in [0.25, 0.3) is 0 Å². The third-order valence-corrected chi connectivity index (χ3v) is 5.80. The lowest BCUT2D eigenvalue weighted by Gasteiger charge is -2.30. The largest absolute Gasteiger partial charge is 0.378 e. The molecule has 2 heterocycles. The van der Waals surface area contributed by atoms with Crippen LogP contribution in [0.4, 0.5) is 5.69 Å². The predicted octanol–water partition coefficient (Wildman–Crippen LogP) is 4.06. The molecule has 1 atom stereocenters. The monoisotopic (exact) mass is 514 g/mol. The molecule has 1 saturated heterocycles. The Balaban J connectivity index is 0.00000280. The fourth-order valence-electron chi connectivity index (χ4n) is 3.19. The summed E-state index contributed by atoms with van der Waals surface area (Å²) < 4.78 is 5.49. The summed E-state index contributed by atoms with van der Waals surface area (Å²) in [6, 6.07) is 12.9. The Morgan fingerprint density at radius 2 is 1.96 bits per heavy atom. The van der Waals surface area contributed by atoms with E-state index in [1.54, 1.807) is 0 Å². The highest BCUT2D eigenvalue weighted by atomic mass is 127. The minimum absolute atomic E-state index is 0. The highest BCUT2D eigenvalue weighted by Crippen LogP contribution is 2.22. The Morgan fingerprint density at radius 3 is 2.68 bits per heavy atom. The number of halogens is 1. The minimum atomic E-state index is 0. The maximum absolute atomic E-state index is 5.49. The zero-order valence-corrected chi connectivity index (χ0v) is 19.8. The van der Waals surface area contributed by atoms with Crippen LogP contribution in [0.25, 0.3) is 0 Å². The molecule has 5 nitrogen and oxygen atoms in total. The molecular formula is C21H31IN4OS. The molecule has 1 aliphatic rings. The Morgan fingerprint density at radius 1 is 1.18 bits per heavy atom. The van der Waals surface area contributed by atoms with Crippen LogP contribution in [0.3, 0.4) is 0 Å². The second-order valence-corrected chi connectivity index (χ2v) is 7.70. The standard InChI is InChI=1S/C21H30N4OS.HI/c1-3-22-21(23-15-17(2)20-9-6-14-27-20)24-16-18-7-4-5-8-19(18)25-10-12-26-13-11-25;/h4-9,14,17H,3,10-13,15-16H2,1-2H3,(H2,22,23,24);1H. The van der Waals surface area contributed by atoms with Crippen LogP contribution in [-0.2, 0) is 11.3 Å². The molecule has 3 rings (SSSR count). The van der Waals surface area contributed by atoms with E-state index in [-0.39, 0.29) is 24.0 Å². The van der Waals surface area contributed by atoms with Gasteiger partial charge in [-0.2, -0.15) is 0 Å². The van der Waals surface area contributed by atoms with Crippen molar-refractivity contribution in [2.24, 2.45) is 4.99 Å². The lowest BCUT2D eigenvalue weighted by Crippen LogP contribution is -2.39. The summed E-state index contributed by atoms with van der Waals surface area (Å²) in [5.74, 6) is 1.34. The molecular weight excluding hydrogens is 483 g/mol. The average molecular weight is 514 g/mol. The SMILES string of the molecule is CCNC(=NCc1ccccc1N1CCOCC1)NCC(C)c1cccs1.I. The molecule has 0 radical (unpaired) electrons. The molecule has 0 spiro atoms. The van der Waals surface area contributed by atoms with E-state index >= 15 is 0 Å². The van der Waals surface area contributed by atoms with Gasteiger partial charge in [0, 0.05) is 42.7 Å². The number of hydrogen-bond donors (Lipinski definition) is 2. The summed E-state index contributed by atoms with van der Waals surface area (Å²) in [4.78, 5) is 8.63. The average Bonchev–Trinajstić information content (AvgIpc) is 3.26. The van der Waals surface area contributed by atoms with Gasteiger partial charge >= 0.3 is 0 Å². The van der Waals surface area contributed by atoms with Crippen LogP contribution in [0.5, 0.6) is 0 Å². The molecule has 2 N–H and O–H groups in total. The lowest BCUT2D eigenvalue weighted by atomic mass is 10.1. The van der Waals surface area contributed by atoms with E-state index < -0.39 is 0 Å². The van der Waals surface area contributed by atoms with Crippen molar-refractivity contribution >= 4 is 47.0 Å². The molecule has 1 aliphatic heterocycles. The van der Waals surface area contributed by atoms with E-state index in [0.717, 1.165) is 45.4 Å². The Labute approximate surface area is 189 Å². The first-order valence-electron chi connectivity index (χ1n) is 9.74. The van der Waals surface area contributed by atoms with E-state index in [1.165, 1.54) is 16.1 Å². The number of guanidine groups is 1. The molecule has 28 heavy (non-hydrogen) atoms. The number of anilines is 1. The Hall–Kier alpha value is -1.32. The zero-order valence-electron chi connectivity index (χ0n) is 16.7. The van der Waals surface area contributed by atoms with Crippen LogP contribution in [0, 0.1) is 0 Å². The van der Waals surface area contributed by atoms with Gasteiger partial charge in [-0.3, -0.25) is 0 Å². The van der Waals surface area contributed by atoms with E-state index in [2.05, 4.69) is 71.2 Å². The van der Waals surface area contributed by atoms with Gasteiger partial charge in [0.05, 0.1) is 19.8 Å². The molecule has 0 aliphatic carbocycles. The quantitative estimate of drug-likeness (QED) is 0.333. The summed E-state index contributed by atoms with van der Waals surface area (Å²) >= 11 is 1.81. The lowest BCUT2D eigenvalue weighted by molar-refractivity contribution is 0.122. The minimum Gasteiger partial charge on any atom is -0.378 e. The third kappa shape index (κ3) is 6.63. The molecule has 154 valence electrons. The Kier molecular flexibility index (Phi) is 10.1. The fraction of sp³-hybridized carbons (Fsp3) is 0.476. The highest BCUT2D eigenvalue weighted by molar-refractivity contribution is 14.0. The van der Waals surface area contributed by atoms with Crippen molar-refractivity contribution in [3.63, 3.8) is 0 Å². The summed E-state index contributed by atoms with van der Waals surface area (Å²) in [6.45, 7) is 10.2. The summed E-state index contributed by atoms with van der Waals surface area (Å²) in [6.07, 6.45) is 0. The predicted molar refractivity (Wildman–Crippen MR) is 130 cm³/mol. The first kappa shape index (κ1) is 23.0. The number of rotatable bonds is 7. The molecule has 1 aromatic carbocycles. The fourth-order valence-corrected chi connectivity index (χ4v) is 3.97. The van der Waals surface area contributed by atoms with Crippen LogP contribution in [-0.4, -0.2) is 45.4 Å². The number of para-hydroxylation sites is 1. The summed E-state index contributed by atoms with van der Waals surface area (Å²) in [7, 11) is 0. The van der Waals surface area contributed by atoms with Crippen molar-refractivity contribution in [2.75, 3.05) is 44.3 Å². The normalized spacial score (nSPS) is 15.6. The summed E-state index contributed by atoms with van der Waals surface area (Å²) in [5.41, 5.74) is 2.52. The van der Waals surface area contributed by atoms with Crippen LogP contribution in [0.2, 0.25) is 0 Å². The molecule has 7 heteroatoms. The van der Waals surface area contributed by atoms with Gasteiger partial charge in [0.2, 0.25) is 0 Å². The molecule has 0 amide bonds. The number of thiophene rings is 1. The number of ether oxygens (including phenoxy) is 1. The van der Waals surface area contributed by atoms with E-state index in [0.29, 0.717) is 12.5 Å². The maximum Gasteiger partial charge on any atom is 0.191 e. The number of nitrogens with one attached hydrogen (secondary N) is 2. The number of aliphatic imine (C=N–C) groups is 1. The van der Waals surface area contributed by atoms with Crippen LogP contribution < -0.4 is 15.5 Å². The molecule has 0 bridgehead atoms. The van der Waals surface area contributed by atoms with Crippen molar-refractivity contribution in [2.45, 2.75) is 26.3 Å². The van der Waals surface area contributed by atoms with Crippen molar-refractivity contribution < 1.29 is 4.74 Å². The first-order valence-corrected chi connectivity index (χ1v) is 10.6. The van der Waals surface area contributed by atoms with Crippen molar-refractivity contribution in [3.8, 4) is 0 Å². The molecule has 1 unspecified atom stereocenters. The van der Waals surface area contributed by atoms with Gasteiger partial charge in [0.1, 0.15) is 0 Å². The Bertz CT molecular complexity index is 717. The van der Waals surface area contributed by atoms with Gasteiger partial charge in [0.15, 0.2) is 5.96 Å². The molecule has 0 saturated carbocycles. The van der Waals surface area contributed by atoms with Gasteiger partial charge in [-0.05, 0) is 30.0 Å². The smallest absolute Gasteiger partial charge is 0.191 e. The van der Waals surface area contributed by atoms with Crippen molar-refractivity contribution in [1.82, 2.24) is 10.6 Å². The number of hydrogen-bond acceptors (Lipinski definition) is 4. The third-order valence-electron chi connectivity index (χ3n) is 4.70. The van der Waals surface area contributed by atoms with Crippen LogP contribution >= 0.6 is 35.3 Å². The zero-order chi connectivity index (χ0) is 18.9. The number of morpholine rings is 1. The van der Waals surface area contributed by atoms with Gasteiger partial charge in [-0.15, -0.1) is 35.3 Å². The second-order valence-electron chi connectivity index (χ2n) is 6.72. The highest BCUT2D eigenvalue weighted by Gasteiger charge is 2.14. The second kappa shape index (κ2) is 12.3. The van der Waals surface area contributed by atoms with E-state index in [9.17, 15) is 0 Å². The number of benzene rings is 1. The van der Waals surface area contributed by atoms with Crippen LogP contribution in [0.15, 0.2) is 46.8 Å². The molecule has 1 aromatic heterocycles. The maximum atomic E-state index is 5.49. The van der Waals surface area contributed by atoms with Crippen LogP contribution in [0.1, 0.15) is 30.2 Å². The summed E-state index contributed by atoms with van der Waals surface area (Å²) in [5, 5.41) is 8.98. The molecule has 2 aromatic rings. The van der Waals surface area contributed by atoms with Crippen molar-refractivity contribution in [1.29, 1.82) is 0 Å². The van der Waals surface area contributed by atoms with Gasteiger partial charge < -0.3 is 20.3 Å². The topological polar surface area (TPSA) is 48.9 Å². The van der Waals surface area contributed by atoms with E-state index in [1.807, 2.05) is 11.3 Å². The van der Waals surface area contributed by atoms with E-state index in [4.69, 9.17) is 9.73 Å². The first-order chi connectivity index (χ1) is 13.3. The van der Waals surface area contributed by atoms with Gasteiger partial charge in [-0.1, -0.05) is 31.2 Å². The van der Waals surface area contributed by atoms with Gasteiger partial charge in [-0.25, -0.2) is 4.99 Å². The van der Waals surface area contributed by atoms with Crippen molar-refractivity contribution in [3.05, 3.63) is 52.2 Å². The molecule has 1 fully saturated rings. The number of nitrogens with zero attached hydrogens (tertiary/aromatic N) is 2.